The molecule has 0 saturated carbocycles. The Hall–Kier alpha value is -1.02. The van der Waals surface area contributed by atoms with E-state index < -0.39 is 10.0 Å². The van der Waals surface area contributed by atoms with Gasteiger partial charge in [0.1, 0.15) is 0 Å². The molecule has 7 heteroatoms. The van der Waals surface area contributed by atoms with Crippen LogP contribution in [0.15, 0.2) is 23.4 Å². The van der Waals surface area contributed by atoms with Crippen molar-refractivity contribution in [3.63, 3.8) is 0 Å². The van der Waals surface area contributed by atoms with Gasteiger partial charge in [-0.2, -0.15) is 4.31 Å². The van der Waals surface area contributed by atoms with Gasteiger partial charge in [-0.15, -0.1) is 0 Å². The van der Waals surface area contributed by atoms with Crippen LogP contribution in [0.4, 0.5) is 0 Å². The molecular formula is C14H23N3O3S. The Morgan fingerprint density at radius 1 is 1.48 bits per heavy atom. The summed E-state index contributed by atoms with van der Waals surface area (Å²) in [5.41, 5.74) is 0.969. The first-order valence-corrected chi connectivity index (χ1v) is 8.66. The second-order valence-electron chi connectivity index (χ2n) is 5.24. The molecule has 21 heavy (non-hydrogen) atoms. The largest absolute Gasteiger partial charge is 0.377 e. The van der Waals surface area contributed by atoms with Crippen molar-refractivity contribution >= 4 is 10.0 Å². The van der Waals surface area contributed by atoms with Crippen LogP contribution in [0.2, 0.25) is 0 Å². The first kappa shape index (κ1) is 16.4. The second-order valence-corrected chi connectivity index (χ2v) is 7.18. The summed E-state index contributed by atoms with van der Waals surface area (Å²) in [6.07, 6.45) is 2.24. The van der Waals surface area contributed by atoms with E-state index in [1.54, 1.807) is 25.4 Å². The van der Waals surface area contributed by atoms with Gasteiger partial charge in [-0.25, -0.2) is 13.4 Å². The molecule has 1 fully saturated rings. The highest BCUT2D eigenvalue weighted by Crippen LogP contribution is 2.23. The van der Waals surface area contributed by atoms with Gasteiger partial charge in [0, 0.05) is 26.4 Å². The SMILES string of the molecule is CCNCc1ccc(S(=O)(=O)N(C)C2CCOC2C)nc1. The summed E-state index contributed by atoms with van der Waals surface area (Å²) in [4.78, 5) is 4.11. The molecule has 2 atom stereocenters. The highest BCUT2D eigenvalue weighted by atomic mass is 32.2. The molecule has 1 N–H and O–H groups in total. The van der Waals surface area contributed by atoms with Crippen LogP contribution in [0.1, 0.15) is 25.8 Å². The fourth-order valence-corrected chi connectivity index (χ4v) is 3.82. The summed E-state index contributed by atoms with van der Waals surface area (Å²) in [5, 5.41) is 3.27. The van der Waals surface area contributed by atoms with E-state index >= 15 is 0 Å². The quantitative estimate of drug-likeness (QED) is 0.848. The van der Waals surface area contributed by atoms with Crippen LogP contribution in [0.25, 0.3) is 0 Å². The van der Waals surface area contributed by atoms with E-state index in [-0.39, 0.29) is 17.2 Å². The summed E-state index contributed by atoms with van der Waals surface area (Å²) in [6, 6.07) is 3.24. The normalized spacial score (nSPS) is 22.9. The molecule has 2 heterocycles. The highest BCUT2D eigenvalue weighted by Gasteiger charge is 2.35. The van der Waals surface area contributed by atoms with Crippen molar-refractivity contribution in [2.24, 2.45) is 0 Å². The maximum Gasteiger partial charge on any atom is 0.260 e. The number of ether oxygens (including phenoxy) is 1. The van der Waals surface area contributed by atoms with Gasteiger partial charge in [0.2, 0.25) is 0 Å². The Morgan fingerprint density at radius 2 is 2.24 bits per heavy atom. The fourth-order valence-electron chi connectivity index (χ4n) is 2.46. The standard InChI is InChI=1S/C14H23N3O3S/c1-4-15-9-12-5-6-14(16-10-12)21(18,19)17(3)13-7-8-20-11(13)2/h5-6,10-11,13,15H,4,7-9H2,1-3H3. The number of nitrogens with zero attached hydrogens (tertiary/aromatic N) is 2. The lowest BCUT2D eigenvalue weighted by Crippen LogP contribution is -2.41. The van der Waals surface area contributed by atoms with Gasteiger partial charge in [-0.3, -0.25) is 0 Å². The van der Waals surface area contributed by atoms with E-state index in [2.05, 4.69) is 10.3 Å². The monoisotopic (exact) mass is 313 g/mol. The molecule has 6 nitrogen and oxygen atoms in total. The number of likely N-dealkylation sites (N-methyl/N-ethyl adjacent to an activating group) is 1. The van der Waals surface area contributed by atoms with Gasteiger partial charge in [0.05, 0.1) is 12.1 Å². The molecule has 2 unspecified atom stereocenters. The van der Waals surface area contributed by atoms with Gasteiger partial charge in [-0.05, 0) is 31.5 Å². The van der Waals surface area contributed by atoms with Crippen LogP contribution < -0.4 is 5.32 Å². The molecule has 1 aromatic rings. The zero-order valence-electron chi connectivity index (χ0n) is 12.7. The molecule has 0 radical (unpaired) electrons. The van der Waals surface area contributed by atoms with Gasteiger partial charge in [-0.1, -0.05) is 13.0 Å². The summed E-state index contributed by atoms with van der Waals surface area (Å²) in [5.74, 6) is 0. The van der Waals surface area contributed by atoms with Crippen molar-refractivity contribution in [2.75, 3.05) is 20.2 Å². The number of pyridine rings is 1. The summed E-state index contributed by atoms with van der Waals surface area (Å²) >= 11 is 0. The Morgan fingerprint density at radius 3 is 2.76 bits per heavy atom. The van der Waals surface area contributed by atoms with E-state index in [0.717, 1.165) is 18.5 Å². The van der Waals surface area contributed by atoms with Crippen LogP contribution in [0.5, 0.6) is 0 Å². The topological polar surface area (TPSA) is 71.5 Å². The van der Waals surface area contributed by atoms with E-state index in [4.69, 9.17) is 4.74 Å². The predicted octanol–water partition coefficient (Wildman–Crippen LogP) is 0.989. The van der Waals surface area contributed by atoms with E-state index in [9.17, 15) is 8.42 Å². The van der Waals surface area contributed by atoms with Crippen molar-refractivity contribution in [3.8, 4) is 0 Å². The van der Waals surface area contributed by atoms with Gasteiger partial charge >= 0.3 is 0 Å². The Labute approximate surface area is 126 Å². The lowest BCUT2D eigenvalue weighted by atomic mass is 10.2. The third-order valence-corrected chi connectivity index (χ3v) is 5.62. The summed E-state index contributed by atoms with van der Waals surface area (Å²) < 4.78 is 32.0. The van der Waals surface area contributed by atoms with Crippen LogP contribution in [-0.4, -0.2) is 50.1 Å². The average Bonchev–Trinajstić information content (AvgIpc) is 2.90. The molecule has 1 aliphatic rings. The van der Waals surface area contributed by atoms with Crippen LogP contribution >= 0.6 is 0 Å². The fraction of sp³-hybridized carbons (Fsp3) is 0.643. The van der Waals surface area contributed by atoms with Crippen LogP contribution in [0.3, 0.4) is 0 Å². The molecule has 0 spiro atoms. The Balaban J connectivity index is 2.15. The smallest absolute Gasteiger partial charge is 0.260 e. The molecule has 1 aliphatic heterocycles. The number of hydrogen-bond donors (Lipinski definition) is 1. The number of hydrogen-bond acceptors (Lipinski definition) is 5. The van der Waals surface area contributed by atoms with Crippen LogP contribution in [-0.2, 0) is 21.3 Å². The molecule has 118 valence electrons. The zero-order valence-corrected chi connectivity index (χ0v) is 13.6. The van der Waals surface area contributed by atoms with Crippen molar-refractivity contribution in [3.05, 3.63) is 23.9 Å². The first-order chi connectivity index (χ1) is 9.96. The molecule has 1 aromatic heterocycles. The molecule has 0 aromatic carbocycles. The minimum atomic E-state index is -3.57. The van der Waals surface area contributed by atoms with Crippen molar-refractivity contribution < 1.29 is 13.2 Å². The molecular weight excluding hydrogens is 290 g/mol. The summed E-state index contributed by atoms with van der Waals surface area (Å²) in [6.45, 7) is 6.07. The number of sulfonamides is 1. The Bertz CT molecular complexity index is 559. The third-order valence-electron chi connectivity index (χ3n) is 3.82. The third kappa shape index (κ3) is 3.60. The Kier molecular flexibility index (Phi) is 5.32. The van der Waals surface area contributed by atoms with E-state index in [0.29, 0.717) is 13.2 Å². The van der Waals surface area contributed by atoms with Crippen LogP contribution in [0, 0.1) is 0 Å². The van der Waals surface area contributed by atoms with Gasteiger partial charge in [0.25, 0.3) is 10.0 Å². The highest BCUT2D eigenvalue weighted by molar-refractivity contribution is 7.89. The van der Waals surface area contributed by atoms with Crippen molar-refractivity contribution in [1.82, 2.24) is 14.6 Å². The second kappa shape index (κ2) is 6.83. The van der Waals surface area contributed by atoms with Crippen molar-refractivity contribution in [1.29, 1.82) is 0 Å². The number of rotatable bonds is 6. The molecule has 0 amide bonds. The number of aromatic nitrogens is 1. The van der Waals surface area contributed by atoms with Gasteiger partial charge in [0.15, 0.2) is 5.03 Å². The maximum absolute atomic E-state index is 12.6. The summed E-state index contributed by atoms with van der Waals surface area (Å²) in [7, 11) is -1.97. The van der Waals surface area contributed by atoms with E-state index in [1.807, 2.05) is 13.8 Å². The van der Waals surface area contributed by atoms with Gasteiger partial charge < -0.3 is 10.1 Å². The number of nitrogens with one attached hydrogen (secondary N) is 1. The zero-order chi connectivity index (χ0) is 15.5. The minimum absolute atomic E-state index is 0.0854. The first-order valence-electron chi connectivity index (χ1n) is 7.22. The van der Waals surface area contributed by atoms with Crippen molar-refractivity contribution in [2.45, 2.75) is 44.0 Å². The average molecular weight is 313 g/mol. The molecule has 0 aliphatic carbocycles. The lowest BCUT2D eigenvalue weighted by Gasteiger charge is -2.25. The maximum atomic E-state index is 12.6. The molecule has 0 bridgehead atoms. The minimum Gasteiger partial charge on any atom is -0.377 e. The predicted molar refractivity (Wildman–Crippen MR) is 80.4 cm³/mol. The molecule has 1 saturated heterocycles. The van der Waals surface area contributed by atoms with E-state index in [1.165, 1.54) is 4.31 Å². The lowest BCUT2D eigenvalue weighted by molar-refractivity contribution is 0.102. The molecule has 2 rings (SSSR count).